The number of hydrogen-bond acceptors (Lipinski definition) is 1. The first kappa shape index (κ1) is 8.55. The zero-order chi connectivity index (χ0) is 8.77. The largest absolute Gasteiger partial charge is 0.396 e. The smallest absolute Gasteiger partial charge is 0.0467 e. The lowest BCUT2D eigenvalue weighted by Crippen LogP contribution is -2.01. The third-order valence-corrected chi connectivity index (χ3v) is 4.24. The lowest BCUT2D eigenvalue weighted by molar-refractivity contribution is 0.251. The van der Waals surface area contributed by atoms with Gasteiger partial charge in [0.25, 0.3) is 0 Å². The Hall–Kier alpha value is -0.0400. The van der Waals surface area contributed by atoms with Crippen LogP contribution in [0.3, 0.4) is 0 Å². The summed E-state index contributed by atoms with van der Waals surface area (Å²) >= 11 is 0. The first-order valence-corrected chi connectivity index (χ1v) is 5.28. The summed E-state index contributed by atoms with van der Waals surface area (Å²) in [6.07, 6.45) is 5.69. The normalized spacial score (nSPS) is 40.2. The van der Waals surface area contributed by atoms with Crippen LogP contribution in [0.2, 0.25) is 0 Å². The molecule has 2 fully saturated rings. The molecule has 2 aliphatic carbocycles. The van der Waals surface area contributed by atoms with E-state index in [1.807, 2.05) is 0 Å². The molecule has 0 aromatic carbocycles. The predicted octanol–water partition coefficient (Wildman–Crippen LogP) is 2.44. The second kappa shape index (κ2) is 2.73. The minimum absolute atomic E-state index is 0.411. The molecule has 2 aliphatic rings. The molecule has 0 aliphatic heterocycles. The molecular weight excluding hydrogens is 148 g/mol. The zero-order valence-corrected chi connectivity index (χ0v) is 8.21. The first-order chi connectivity index (χ1) is 5.68. The van der Waals surface area contributed by atoms with Crippen molar-refractivity contribution in [2.45, 2.75) is 39.5 Å². The molecule has 2 saturated carbocycles. The van der Waals surface area contributed by atoms with Crippen molar-refractivity contribution in [2.75, 3.05) is 6.61 Å². The molecule has 0 aromatic rings. The Kier molecular flexibility index (Phi) is 1.95. The van der Waals surface area contributed by atoms with E-state index in [9.17, 15) is 5.11 Å². The van der Waals surface area contributed by atoms with Crippen LogP contribution in [0.5, 0.6) is 0 Å². The third-order valence-electron chi connectivity index (χ3n) is 4.24. The highest BCUT2D eigenvalue weighted by atomic mass is 16.3. The SMILES string of the molecule is CC1(C)C(CO)C1C1CCCC1. The summed E-state index contributed by atoms with van der Waals surface area (Å²) in [7, 11) is 0. The Morgan fingerprint density at radius 2 is 1.83 bits per heavy atom. The average Bonchev–Trinajstić information content (AvgIpc) is 2.50. The van der Waals surface area contributed by atoms with Gasteiger partial charge in [0.1, 0.15) is 0 Å². The lowest BCUT2D eigenvalue weighted by Gasteiger charge is -2.09. The van der Waals surface area contributed by atoms with Gasteiger partial charge in [0.05, 0.1) is 0 Å². The van der Waals surface area contributed by atoms with Crippen LogP contribution in [0.4, 0.5) is 0 Å². The highest BCUT2D eigenvalue weighted by Crippen LogP contribution is 2.63. The fourth-order valence-corrected chi connectivity index (χ4v) is 3.39. The van der Waals surface area contributed by atoms with Gasteiger partial charge in [-0.25, -0.2) is 0 Å². The molecule has 2 rings (SSSR count). The number of rotatable bonds is 2. The van der Waals surface area contributed by atoms with Gasteiger partial charge in [-0.15, -0.1) is 0 Å². The van der Waals surface area contributed by atoms with Crippen molar-refractivity contribution in [3.63, 3.8) is 0 Å². The van der Waals surface area contributed by atoms with Crippen molar-refractivity contribution < 1.29 is 5.11 Å². The van der Waals surface area contributed by atoms with E-state index in [1.165, 1.54) is 25.7 Å². The molecule has 0 radical (unpaired) electrons. The Morgan fingerprint density at radius 1 is 1.25 bits per heavy atom. The standard InChI is InChI=1S/C11H20O/c1-11(2)9(7-12)10(11)8-5-3-4-6-8/h8-10,12H,3-7H2,1-2H3. The van der Waals surface area contributed by atoms with Gasteiger partial charge >= 0.3 is 0 Å². The van der Waals surface area contributed by atoms with Gasteiger partial charge < -0.3 is 5.11 Å². The van der Waals surface area contributed by atoms with Crippen LogP contribution in [-0.2, 0) is 0 Å². The summed E-state index contributed by atoms with van der Waals surface area (Å²) < 4.78 is 0. The van der Waals surface area contributed by atoms with Crippen LogP contribution < -0.4 is 0 Å². The average molecular weight is 168 g/mol. The summed E-state index contributed by atoms with van der Waals surface area (Å²) in [5.74, 6) is 2.39. The number of aliphatic hydroxyl groups excluding tert-OH is 1. The second-order valence-corrected chi connectivity index (χ2v) is 5.18. The van der Waals surface area contributed by atoms with Crippen LogP contribution in [0.1, 0.15) is 39.5 Å². The highest BCUT2D eigenvalue weighted by Gasteiger charge is 2.59. The van der Waals surface area contributed by atoms with Gasteiger partial charge in [0.15, 0.2) is 0 Å². The maximum atomic E-state index is 9.17. The Balaban J connectivity index is 1.97. The lowest BCUT2D eigenvalue weighted by atomic mass is 9.96. The van der Waals surface area contributed by atoms with E-state index in [0.717, 1.165) is 11.8 Å². The summed E-state index contributed by atoms with van der Waals surface area (Å²) in [5, 5.41) is 9.17. The van der Waals surface area contributed by atoms with Crippen molar-refractivity contribution in [3.8, 4) is 0 Å². The summed E-state index contributed by atoms with van der Waals surface area (Å²) in [5.41, 5.74) is 0.448. The molecule has 1 nitrogen and oxygen atoms in total. The molecule has 2 atom stereocenters. The Morgan fingerprint density at radius 3 is 2.25 bits per heavy atom. The van der Waals surface area contributed by atoms with Crippen molar-refractivity contribution in [1.29, 1.82) is 0 Å². The minimum Gasteiger partial charge on any atom is -0.396 e. The van der Waals surface area contributed by atoms with Crippen molar-refractivity contribution in [1.82, 2.24) is 0 Å². The predicted molar refractivity (Wildman–Crippen MR) is 49.8 cm³/mol. The topological polar surface area (TPSA) is 20.2 Å². The molecule has 12 heavy (non-hydrogen) atoms. The van der Waals surface area contributed by atoms with Crippen LogP contribution in [0.15, 0.2) is 0 Å². The van der Waals surface area contributed by atoms with Crippen molar-refractivity contribution in [2.24, 2.45) is 23.2 Å². The van der Waals surface area contributed by atoms with Gasteiger partial charge in [0, 0.05) is 6.61 Å². The van der Waals surface area contributed by atoms with E-state index in [4.69, 9.17) is 0 Å². The van der Waals surface area contributed by atoms with E-state index in [0.29, 0.717) is 17.9 Å². The Labute approximate surface area is 75.2 Å². The third kappa shape index (κ3) is 1.10. The molecule has 0 bridgehead atoms. The summed E-state index contributed by atoms with van der Waals surface area (Å²) in [6.45, 7) is 5.04. The van der Waals surface area contributed by atoms with Gasteiger partial charge in [-0.3, -0.25) is 0 Å². The fraction of sp³-hybridized carbons (Fsp3) is 1.00. The van der Waals surface area contributed by atoms with Gasteiger partial charge in [-0.05, 0) is 23.2 Å². The van der Waals surface area contributed by atoms with Crippen LogP contribution >= 0.6 is 0 Å². The first-order valence-electron chi connectivity index (χ1n) is 5.28. The molecule has 0 aromatic heterocycles. The van der Waals surface area contributed by atoms with Gasteiger partial charge in [0.2, 0.25) is 0 Å². The quantitative estimate of drug-likeness (QED) is 0.671. The maximum Gasteiger partial charge on any atom is 0.0467 e. The molecule has 2 unspecified atom stereocenters. The molecule has 1 N–H and O–H groups in total. The zero-order valence-electron chi connectivity index (χ0n) is 8.21. The Bertz CT molecular complexity index is 168. The molecule has 0 heterocycles. The second-order valence-electron chi connectivity index (χ2n) is 5.18. The highest BCUT2D eigenvalue weighted by molar-refractivity contribution is 5.07. The van der Waals surface area contributed by atoms with E-state index >= 15 is 0 Å². The van der Waals surface area contributed by atoms with E-state index in [-0.39, 0.29) is 0 Å². The van der Waals surface area contributed by atoms with Gasteiger partial charge in [-0.2, -0.15) is 0 Å². The monoisotopic (exact) mass is 168 g/mol. The van der Waals surface area contributed by atoms with Crippen LogP contribution in [0.25, 0.3) is 0 Å². The summed E-state index contributed by atoms with van der Waals surface area (Å²) in [4.78, 5) is 0. The molecule has 0 saturated heterocycles. The minimum atomic E-state index is 0.411. The van der Waals surface area contributed by atoms with Gasteiger partial charge in [-0.1, -0.05) is 39.5 Å². The maximum absolute atomic E-state index is 9.17. The summed E-state index contributed by atoms with van der Waals surface area (Å²) in [6, 6.07) is 0. The fourth-order valence-electron chi connectivity index (χ4n) is 3.39. The van der Waals surface area contributed by atoms with Crippen LogP contribution in [-0.4, -0.2) is 11.7 Å². The molecular formula is C11H20O. The molecule has 0 spiro atoms. The van der Waals surface area contributed by atoms with Crippen molar-refractivity contribution >= 4 is 0 Å². The molecule has 0 amide bonds. The number of hydrogen-bond donors (Lipinski definition) is 1. The van der Waals surface area contributed by atoms with E-state index in [1.54, 1.807) is 0 Å². The molecule has 70 valence electrons. The van der Waals surface area contributed by atoms with E-state index in [2.05, 4.69) is 13.8 Å². The van der Waals surface area contributed by atoms with Crippen molar-refractivity contribution in [3.05, 3.63) is 0 Å². The molecule has 1 heteroatoms. The van der Waals surface area contributed by atoms with Crippen LogP contribution in [0, 0.1) is 23.2 Å². The van der Waals surface area contributed by atoms with E-state index < -0.39 is 0 Å². The number of aliphatic hydroxyl groups is 1.